The van der Waals surface area contributed by atoms with Crippen LogP contribution in [0.25, 0.3) is 22.3 Å². The Morgan fingerprint density at radius 1 is 1.21 bits per heavy atom. The number of likely N-dealkylation sites (tertiary alicyclic amines) is 1. The average Bonchev–Trinajstić information content (AvgIpc) is 3.01. The maximum atomic E-state index is 13.5. The highest BCUT2D eigenvalue weighted by Crippen LogP contribution is 2.33. The molecule has 4 rings (SSSR count). The normalized spacial score (nSPS) is 19.5. The molecule has 1 fully saturated rings. The van der Waals surface area contributed by atoms with Crippen molar-refractivity contribution in [3.05, 3.63) is 47.7 Å². The van der Waals surface area contributed by atoms with Crippen molar-refractivity contribution in [3.8, 4) is 11.3 Å². The molecule has 1 saturated heterocycles. The maximum absolute atomic E-state index is 13.5. The van der Waals surface area contributed by atoms with Crippen LogP contribution in [0.1, 0.15) is 35.8 Å². The van der Waals surface area contributed by atoms with Crippen LogP contribution in [0.2, 0.25) is 0 Å². The van der Waals surface area contributed by atoms with E-state index in [4.69, 9.17) is 4.98 Å². The van der Waals surface area contributed by atoms with Gasteiger partial charge < -0.3 is 10.0 Å². The van der Waals surface area contributed by atoms with Crippen LogP contribution in [-0.4, -0.2) is 49.7 Å². The Labute approximate surface area is 169 Å². The van der Waals surface area contributed by atoms with E-state index < -0.39 is 11.4 Å². The smallest absolute Gasteiger partial charge is 0.311 e. The molecule has 1 atom stereocenters. The number of hydrogen-bond donors (Lipinski definition) is 1. The molecule has 0 bridgehead atoms. The second-order valence-corrected chi connectivity index (χ2v) is 8.02. The molecular weight excluding hydrogens is 368 g/mol. The van der Waals surface area contributed by atoms with E-state index in [1.54, 1.807) is 22.6 Å². The summed E-state index contributed by atoms with van der Waals surface area (Å²) in [5.41, 5.74) is 2.58. The Balaban J connectivity index is 1.84. The fourth-order valence-electron chi connectivity index (χ4n) is 4.13. The van der Waals surface area contributed by atoms with Gasteiger partial charge in [0.05, 0.1) is 27.8 Å². The third kappa shape index (κ3) is 3.26. The van der Waals surface area contributed by atoms with Crippen molar-refractivity contribution in [2.45, 2.75) is 26.7 Å². The Morgan fingerprint density at radius 3 is 2.62 bits per heavy atom. The zero-order valence-electron chi connectivity index (χ0n) is 16.8. The summed E-state index contributed by atoms with van der Waals surface area (Å²) in [7, 11) is 1.81. The van der Waals surface area contributed by atoms with E-state index in [1.807, 2.05) is 44.3 Å². The van der Waals surface area contributed by atoms with Crippen LogP contribution >= 0.6 is 0 Å². The second kappa shape index (κ2) is 6.99. The third-order valence-corrected chi connectivity index (χ3v) is 5.77. The number of piperidine rings is 1. The van der Waals surface area contributed by atoms with Gasteiger partial charge in [0.1, 0.15) is 0 Å². The number of aliphatic carboxylic acids is 1. The van der Waals surface area contributed by atoms with Crippen molar-refractivity contribution in [3.63, 3.8) is 0 Å². The number of carbonyl (C=O) groups excluding carboxylic acids is 1. The molecule has 7 heteroatoms. The number of benzene rings is 1. The highest BCUT2D eigenvalue weighted by atomic mass is 16.4. The fourth-order valence-corrected chi connectivity index (χ4v) is 4.13. The lowest BCUT2D eigenvalue weighted by molar-refractivity contribution is -0.150. The molecule has 1 N–H and O–H groups in total. The van der Waals surface area contributed by atoms with Gasteiger partial charge in [-0.05, 0) is 32.8 Å². The molecule has 0 radical (unpaired) electrons. The summed E-state index contributed by atoms with van der Waals surface area (Å²) in [6, 6.07) is 11.5. The zero-order chi connectivity index (χ0) is 20.8. The first-order valence-electron chi connectivity index (χ1n) is 9.72. The van der Waals surface area contributed by atoms with Crippen LogP contribution < -0.4 is 0 Å². The van der Waals surface area contributed by atoms with Gasteiger partial charge in [0.15, 0.2) is 5.65 Å². The molecule has 0 saturated carbocycles. The predicted octanol–water partition coefficient (Wildman–Crippen LogP) is 3.27. The summed E-state index contributed by atoms with van der Waals surface area (Å²) in [6.07, 6.45) is 1.24. The van der Waals surface area contributed by atoms with Crippen molar-refractivity contribution in [1.29, 1.82) is 0 Å². The number of aromatic nitrogens is 3. The topological polar surface area (TPSA) is 88.3 Å². The number of nitrogens with zero attached hydrogens (tertiary/aromatic N) is 4. The number of pyridine rings is 1. The van der Waals surface area contributed by atoms with Crippen molar-refractivity contribution < 1.29 is 14.7 Å². The number of fused-ring (bicyclic) bond motifs is 1. The van der Waals surface area contributed by atoms with Gasteiger partial charge in [-0.25, -0.2) is 4.98 Å². The summed E-state index contributed by atoms with van der Waals surface area (Å²) in [4.78, 5) is 31.7. The summed E-state index contributed by atoms with van der Waals surface area (Å²) in [5.74, 6) is -1.03. The molecule has 1 aliphatic rings. The molecule has 2 aromatic heterocycles. The minimum atomic E-state index is -0.924. The molecule has 3 heterocycles. The minimum absolute atomic E-state index is 0.169. The zero-order valence-corrected chi connectivity index (χ0v) is 16.8. The first-order chi connectivity index (χ1) is 13.8. The SMILES string of the molecule is Cc1nn(C)c2nc(-c3ccccc3)cc(C(=O)N3CCCC(C)(C(=O)O)C3)c12. The van der Waals surface area contributed by atoms with E-state index in [9.17, 15) is 14.7 Å². The lowest BCUT2D eigenvalue weighted by Crippen LogP contribution is -2.48. The lowest BCUT2D eigenvalue weighted by Gasteiger charge is -2.37. The molecule has 7 nitrogen and oxygen atoms in total. The molecule has 1 aliphatic heterocycles. The molecule has 29 heavy (non-hydrogen) atoms. The maximum Gasteiger partial charge on any atom is 0.311 e. The van der Waals surface area contributed by atoms with Gasteiger partial charge in [-0.15, -0.1) is 0 Å². The van der Waals surface area contributed by atoms with Crippen molar-refractivity contribution >= 4 is 22.9 Å². The van der Waals surface area contributed by atoms with Gasteiger partial charge in [0, 0.05) is 25.7 Å². The molecule has 1 amide bonds. The van der Waals surface area contributed by atoms with Gasteiger partial charge in [0.2, 0.25) is 0 Å². The Hall–Kier alpha value is -3.22. The summed E-state index contributed by atoms with van der Waals surface area (Å²) in [6.45, 7) is 4.32. The first kappa shape index (κ1) is 19.1. The molecule has 1 aromatic carbocycles. The van der Waals surface area contributed by atoms with Crippen LogP contribution in [0.5, 0.6) is 0 Å². The molecule has 1 unspecified atom stereocenters. The van der Waals surface area contributed by atoms with Gasteiger partial charge in [-0.3, -0.25) is 14.3 Å². The van der Waals surface area contributed by atoms with E-state index in [2.05, 4.69) is 5.10 Å². The Bertz CT molecular complexity index is 1110. The van der Waals surface area contributed by atoms with Gasteiger partial charge in [-0.2, -0.15) is 5.10 Å². The minimum Gasteiger partial charge on any atom is -0.481 e. The number of carboxylic acid groups (broad SMARTS) is 1. The van der Waals surface area contributed by atoms with Gasteiger partial charge in [-0.1, -0.05) is 30.3 Å². The summed E-state index contributed by atoms with van der Waals surface area (Å²) < 4.78 is 1.69. The lowest BCUT2D eigenvalue weighted by atomic mass is 9.82. The van der Waals surface area contributed by atoms with Crippen LogP contribution in [-0.2, 0) is 11.8 Å². The monoisotopic (exact) mass is 392 g/mol. The standard InChI is InChI=1S/C22H24N4O3/c1-14-18-16(20(27)26-11-7-10-22(2,13-26)21(28)29)12-17(15-8-5-4-6-9-15)23-19(18)25(3)24-14/h4-6,8-9,12H,7,10-11,13H2,1-3H3,(H,28,29). The van der Waals surface area contributed by atoms with Crippen molar-refractivity contribution in [2.24, 2.45) is 12.5 Å². The highest BCUT2D eigenvalue weighted by molar-refractivity contribution is 6.07. The van der Waals surface area contributed by atoms with E-state index in [1.165, 1.54) is 0 Å². The second-order valence-electron chi connectivity index (χ2n) is 8.02. The Kier molecular flexibility index (Phi) is 4.61. The Morgan fingerprint density at radius 2 is 1.93 bits per heavy atom. The van der Waals surface area contributed by atoms with Crippen molar-refractivity contribution in [1.82, 2.24) is 19.7 Å². The fraction of sp³-hybridized carbons (Fsp3) is 0.364. The van der Waals surface area contributed by atoms with Crippen molar-refractivity contribution in [2.75, 3.05) is 13.1 Å². The summed E-state index contributed by atoms with van der Waals surface area (Å²) in [5, 5.41) is 14.8. The highest BCUT2D eigenvalue weighted by Gasteiger charge is 2.40. The van der Waals surface area contributed by atoms with Crippen LogP contribution in [0.4, 0.5) is 0 Å². The molecular formula is C22H24N4O3. The first-order valence-corrected chi connectivity index (χ1v) is 9.72. The molecule has 150 valence electrons. The van der Waals surface area contributed by atoms with E-state index in [0.29, 0.717) is 36.3 Å². The number of aryl methyl sites for hydroxylation is 2. The molecule has 0 spiro atoms. The van der Waals surface area contributed by atoms with Gasteiger partial charge >= 0.3 is 5.97 Å². The average molecular weight is 392 g/mol. The summed E-state index contributed by atoms with van der Waals surface area (Å²) >= 11 is 0. The van der Waals surface area contributed by atoms with Crippen LogP contribution in [0.15, 0.2) is 36.4 Å². The number of rotatable bonds is 3. The quantitative estimate of drug-likeness (QED) is 0.739. The van der Waals surface area contributed by atoms with Crippen LogP contribution in [0.3, 0.4) is 0 Å². The van der Waals surface area contributed by atoms with E-state index in [-0.39, 0.29) is 12.5 Å². The molecule has 0 aliphatic carbocycles. The number of carbonyl (C=O) groups is 2. The molecule has 3 aromatic rings. The number of carboxylic acids is 1. The third-order valence-electron chi connectivity index (χ3n) is 5.77. The number of hydrogen-bond acceptors (Lipinski definition) is 4. The van der Waals surface area contributed by atoms with Gasteiger partial charge in [0.25, 0.3) is 5.91 Å². The predicted molar refractivity (Wildman–Crippen MR) is 110 cm³/mol. The van der Waals surface area contributed by atoms with Crippen LogP contribution in [0, 0.1) is 12.3 Å². The van der Waals surface area contributed by atoms with E-state index >= 15 is 0 Å². The number of amides is 1. The van der Waals surface area contributed by atoms with E-state index in [0.717, 1.165) is 16.6 Å². The largest absolute Gasteiger partial charge is 0.481 e.